The van der Waals surface area contributed by atoms with Gasteiger partial charge in [0.25, 0.3) is 0 Å². The van der Waals surface area contributed by atoms with Crippen LogP contribution in [-0.4, -0.2) is 29.6 Å². The predicted molar refractivity (Wildman–Crippen MR) is 70.5 cm³/mol. The highest BCUT2D eigenvalue weighted by molar-refractivity contribution is 5.84. The largest absolute Gasteiger partial charge is 0.480 e. The molecule has 5 nitrogen and oxygen atoms in total. The smallest absolute Gasteiger partial charge is 0.326 e. The summed E-state index contributed by atoms with van der Waals surface area (Å²) in [5, 5.41) is 11.2. The molecule has 0 aliphatic heterocycles. The van der Waals surface area contributed by atoms with E-state index in [0.717, 1.165) is 5.56 Å². The van der Waals surface area contributed by atoms with Crippen molar-refractivity contribution in [3.05, 3.63) is 48.6 Å². The molecule has 0 aromatic heterocycles. The van der Waals surface area contributed by atoms with E-state index in [1.165, 1.54) is 6.08 Å². The number of carboxylic acids is 1. The number of aliphatic carboxylic acids is 1. The minimum atomic E-state index is -1.09. The molecule has 102 valence electrons. The van der Waals surface area contributed by atoms with E-state index in [9.17, 15) is 9.59 Å². The zero-order chi connectivity index (χ0) is 14.1. The number of rotatable bonds is 8. The first-order valence-electron chi connectivity index (χ1n) is 5.88. The third-order valence-electron chi connectivity index (χ3n) is 2.38. The first-order chi connectivity index (χ1) is 9.13. The van der Waals surface area contributed by atoms with Crippen molar-refractivity contribution in [2.24, 2.45) is 0 Å². The summed E-state index contributed by atoms with van der Waals surface area (Å²) >= 11 is 0. The van der Waals surface area contributed by atoms with Crippen molar-refractivity contribution in [2.45, 2.75) is 19.1 Å². The van der Waals surface area contributed by atoms with Gasteiger partial charge in [-0.05, 0) is 12.0 Å². The molecule has 0 saturated carbocycles. The third kappa shape index (κ3) is 5.83. The van der Waals surface area contributed by atoms with Crippen LogP contribution in [0.25, 0.3) is 0 Å². The lowest BCUT2D eigenvalue weighted by Crippen LogP contribution is -2.42. The van der Waals surface area contributed by atoms with Gasteiger partial charge in [0, 0.05) is 0 Å². The molecule has 0 aliphatic carbocycles. The van der Waals surface area contributed by atoms with Gasteiger partial charge in [-0.15, -0.1) is 6.58 Å². The molecule has 1 aromatic carbocycles. The third-order valence-corrected chi connectivity index (χ3v) is 2.38. The fraction of sp³-hybridized carbons (Fsp3) is 0.286. The molecule has 0 heterocycles. The van der Waals surface area contributed by atoms with Gasteiger partial charge in [0.2, 0.25) is 5.91 Å². The molecule has 1 amide bonds. The highest BCUT2D eigenvalue weighted by Crippen LogP contribution is 2.00. The molecule has 0 bridgehead atoms. The van der Waals surface area contributed by atoms with Crippen LogP contribution in [0.15, 0.2) is 43.0 Å². The molecule has 1 atom stereocenters. The molecular weight excluding hydrogens is 246 g/mol. The normalized spacial score (nSPS) is 11.6. The summed E-state index contributed by atoms with van der Waals surface area (Å²) < 4.78 is 5.21. The molecule has 2 N–H and O–H groups in total. The fourth-order valence-corrected chi connectivity index (χ4v) is 1.46. The van der Waals surface area contributed by atoms with Crippen LogP contribution in [0.1, 0.15) is 12.0 Å². The summed E-state index contributed by atoms with van der Waals surface area (Å²) in [5.41, 5.74) is 0.955. The average Bonchev–Trinajstić information content (AvgIpc) is 2.39. The maximum Gasteiger partial charge on any atom is 0.326 e. The number of benzene rings is 1. The van der Waals surface area contributed by atoms with Crippen LogP contribution in [0, 0.1) is 0 Å². The predicted octanol–water partition coefficient (Wildman–Crippen LogP) is 1.35. The SMILES string of the molecule is C=CC[C@H](NC(=O)COCc1ccccc1)C(=O)O. The average molecular weight is 263 g/mol. The number of nitrogens with one attached hydrogen (secondary N) is 1. The van der Waals surface area contributed by atoms with Crippen LogP contribution >= 0.6 is 0 Å². The molecule has 0 fully saturated rings. The molecular formula is C14H17NO4. The van der Waals surface area contributed by atoms with Crippen LogP contribution in [0.3, 0.4) is 0 Å². The summed E-state index contributed by atoms with van der Waals surface area (Å²) in [7, 11) is 0. The van der Waals surface area contributed by atoms with Gasteiger partial charge in [-0.2, -0.15) is 0 Å². The van der Waals surface area contributed by atoms with Gasteiger partial charge in [0.1, 0.15) is 12.6 Å². The van der Waals surface area contributed by atoms with E-state index in [1.807, 2.05) is 30.3 Å². The Labute approximate surface area is 111 Å². The summed E-state index contributed by atoms with van der Waals surface area (Å²) in [5.74, 6) is -1.54. The number of carbonyl (C=O) groups excluding carboxylic acids is 1. The monoisotopic (exact) mass is 263 g/mol. The fourth-order valence-electron chi connectivity index (χ4n) is 1.46. The molecule has 0 unspecified atom stereocenters. The standard InChI is InChI=1S/C14H17NO4/c1-2-6-12(14(17)18)15-13(16)10-19-9-11-7-4-3-5-8-11/h2-5,7-8,12H,1,6,9-10H2,(H,15,16)(H,17,18)/t12-/m0/s1. The van der Waals surface area contributed by atoms with Crippen LogP contribution in [-0.2, 0) is 20.9 Å². The first-order valence-corrected chi connectivity index (χ1v) is 5.88. The van der Waals surface area contributed by atoms with E-state index in [4.69, 9.17) is 9.84 Å². The van der Waals surface area contributed by atoms with E-state index in [-0.39, 0.29) is 13.0 Å². The van der Waals surface area contributed by atoms with Crippen molar-refractivity contribution in [3.8, 4) is 0 Å². The number of ether oxygens (including phenoxy) is 1. The molecule has 19 heavy (non-hydrogen) atoms. The molecule has 0 spiro atoms. The van der Waals surface area contributed by atoms with E-state index in [0.29, 0.717) is 6.61 Å². The minimum absolute atomic E-state index is 0.171. The Balaban J connectivity index is 2.31. The lowest BCUT2D eigenvalue weighted by molar-refractivity contribution is -0.142. The maximum absolute atomic E-state index is 11.5. The van der Waals surface area contributed by atoms with Crippen LogP contribution in [0.2, 0.25) is 0 Å². The maximum atomic E-state index is 11.5. The second kappa shape index (κ2) is 8.05. The zero-order valence-corrected chi connectivity index (χ0v) is 10.5. The summed E-state index contributed by atoms with van der Waals surface area (Å²) in [4.78, 5) is 22.3. The van der Waals surface area contributed by atoms with Gasteiger partial charge in [-0.25, -0.2) is 4.79 Å². The highest BCUT2D eigenvalue weighted by Gasteiger charge is 2.17. The van der Waals surface area contributed by atoms with Crippen LogP contribution in [0.4, 0.5) is 0 Å². The zero-order valence-electron chi connectivity index (χ0n) is 10.5. The number of hydrogen-bond donors (Lipinski definition) is 2. The van der Waals surface area contributed by atoms with Gasteiger partial charge in [0.05, 0.1) is 6.61 Å². The van der Waals surface area contributed by atoms with Crippen molar-refractivity contribution >= 4 is 11.9 Å². The van der Waals surface area contributed by atoms with Gasteiger partial charge in [0.15, 0.2) is 0 Å². The van der Waals surface area contributed by atoms with Crippen molar-refractivity contribution in [1.82, 2.24) is 5.32 Å². The molecule has 1 aromatic rings. The lowest BCUT2D eigenvalue weighted by atomic mass is 10.2. The Kier molecular flexibility index (Phi) is 6.32. The van der Waals surface area contributed by atoms with Crippen LogP contribution in [0.5, 0.6) is 0 Å². The number of carboxylic acid groups (broad SMARTS) is 1. The van der Waals surface area contributed by atoms with Crippen LogP contribution < -0.4 is 5.32 Å². The number of amides is 1. The minimum Gasteiger partial charge on any atom is -0.480 e. The Morgan fingerprint density at radius 3 is 2.63 bits per heavy atom. The van der Waals surface area contributed by atoms with E-state index >= 15 is 0 Å². The van der Waals surface area contributed by atoms with Gasteiger partial charge >= 0.3 is 5.97 Å². The molecule has 5 heteroatoms. The van der Waals surface area contributed by atoms with E-state index < -0.39 is 17.9 Å². The number of hydrogen-bond acceptors (Lipinski definition) is 3. The summed E-state index contributed by atoms with van der Waals surface area (Å²) in [6, 6.07) is 8.46. The first kappa shape index (κ1) is 14.9. The Bertz CT molecular complexity index is 430. The number of carbonyl (C=O) groups is 2. The van der Waals surface area contributed by atoms with E-state index in [2.05, 4.69) is 11.9 Å². The van der Waals surface area contributed by atoms with Crippen molar-refractivity contribution in [3.63, 3.8) is 0 Å². The molecule has 0 radical (unpaired) electrons. The molecule has 1 rings (SSSR count). The van der Waals surface area contributed by atoms with Crippen molar-refractivity contribution in [2.75, 3.05) is 6.61 Å². The summed E-state index contributed by atoms with van der Waals surface area (Å²) in [6.45, 7) is 3.59. The Morgan fingerprint density at radius 2 is 2.05 bits per heavy atom. The molecule has 0 saturated heterocycles. The quantitative estimate of drug-likeness (QED) is 0.694. The Hall–Kier alpha value is -2.14. The Morgan fingerprint density at radius 1 is 1.37 bits per heavy atom. The van der Waals surface area contributed by atoms with Gasteiger partial charge < -0.3 is 15.2 Å². The second-order valence-electron chi connectivity index (χ2n) is 3.96. The van der Waals surface area contributed by atoms with Crippen molar-refractivity contribution in [1.29, 1.82) is 0 Å². The molecule has 0 aliphatic rings. The van der Waals surface area contributed by atoms with Crippen molar-refractivity contribution < 1.29 is 19.4 Å². The van der Waals surface area contributed by atoms with Gasteiger partial charge in [-0.1, -0.05) is 36.4 Å². The van der Waals surface area contributed by atoms with E-state index in [1.54, 1.807) is 0 Å². The second-order valence-corrected chi connectivity index (χ2v) is 3.96. The van der Waals surface area contributed by atoms with Gasteiger partial charge in [-0.3, -0.25) is 4.79 Å². The topological polar surface area (TPSA) is 75.6 Å². The highest BCUT2D eigenvalue weighted by atomic mass is 16.5. The summed E-state index contributed by atoms with van der Waals surface area (Å²) in [6.07, 6.45) is 1.63. The lowest BCUT2D eigenvalue weighted by Gasteiger charge is -2.12.